The zero-order valence-electron chi connectivity index (χ0n) is 13.8. The van der Waals surface area contributed by atoms with E-state index in [1.807, 2.05) is 0 Å². The van der Waals surface area contributed by atoms with Gasteiger partial charge in [-0.05, 0) is 40.5 Å². The molecule has 5 nitrogen and oxygen atoms in total. The lowest BCUT2D eigenvalue weighted by Crippen LogP contribution is -2.29. The number of hydrogen-bond donors (Lipinski definition) is 1. The van der Waals surface area contributed by atoms with E-state index < -0.39 is 29.0 Å². The topological polar surface area (TPSA) is 62.5 Å². The Labute approximate surface area is 164 Å². The van der Waals surface area contributed by atoms with Crippen LogP contribution in [0.15, 0.2) is 39.6 Å². The molecule has 1 atom stereocenters. The number of rotatable bonds is 2. The van der Waals surface area contributed by atoms with Gasteiger partial charge in [-0.25, -0.2) is 8.78 Å². The predicted octanol–water partition coefficient (Wildman–Crippen LogP) is 3.30. The van der Waals surface area contributed by atoms with Crippen LogP contribution in [0.5, 0.6) is 0 Å². The van der Waals surface area contributed by atoms with Crippen molar-refractivity contribution in [1.82, 2.24) is 9.47 Å². The zero-order chi connectivity index (χ0) is 19.3. The summed E-state index contributed by atoms with van der Waals surface area (Å²) in [5, 5.41) is 10.2. The largest absolute Gasteiger partial charge is 0.391 e. The van der Waals surface area contributed by atoms with Crippen molar-refractivity contribution in [1.29, 1.82) is 0 Å². The number of carbonyl (C=O) groups excluding carboxylic acids is 1. The fraction of sp³-hybridized carbons (Fsp3) is 0.222. The van der Waals surface area contributed by atoms with Crippen LogP contribution >= 0.6 is 27.3 Å². The Balaban J connectivity index is 1.93. The van der Waals surface area contributed by atoms with Crippen LogP contribution in [0.4, 0.5) is 8.78 Å². The molecular formula is C18H13BrF2N2O3S. The van der Waals surface area contributed by atoms with E-state index in [-0.39, 0.29) is 17.3 Å². The van der Waals surface area contributed by atoms with Crippen molar-refractivity contribution in [2.45, 2.75) is 12.5 Å². The smallest absolute Gasteiger partial charge is 0.265 e. The van der Waals surface area contributed by atoms with Gasteiger partial charge in [-0.2, -0.15) is 0 Å². The van der Waals surface area contributed by atoms with Crippen LogP contribution in [0.2, 0.25) is 0 Å². The minimum absolute atomic E-state index is 0.230. The Bertz CT molecular complexity index is 1110. The van der Waals surface area contributed by atoms with Crippen LogP contribution in [0.1, 0.15) is 16.1 Å². The fourth-order valence-electron chi connectivity index (χ4n) is 3.17. The number of benzene rings is 1. The van der Waals surface area contributed by atoms with Crippen molar-refractivity contribution in [3.63, 3.8) is 0 Å². The Morgan fingerprint density at radius 2 is 1.93 bits per heavy atom. The number of hydrogen-bond acceptors (Lipinski definition) is 4. The highest BCUT2D eigenvalue weighted by molar-refractivity contribution is 9.10. The quantitative estimate of drug-likeness (QED) is 0.645. The second-order valence-electron chi connectivity index (χ2n) is 6.23. The average molecular weight is 455 g/mol. The number of para-hydroxylation sites is 1. The molecule has 1 aliphatic heterocycles. The van der Waals surface area contributed by atoms with Gasteiger partial charge in [-0.15, -0.1) is 11.3 Å². The summed E-state index contributed by atoms with van der Waals surface area (Å²) in [5.74, 6) is -2.04. The molecule has 2 aromatic heterocycles. The second kappa shape index (κ2) is 6.81. The third kappa shape index (κ3) is 2.99. The van der Waals surface area contributed by atoms with E-state index in [2.05, 4.69) is 15.9 Å². The van der Waals surface area contributed by atoms with Crippen molar-refractivity contribution < 1.29 is 18.7 Å². The first kappa shape index (κ1) is 18.3. The molecule has 1 N–H and O–H groups in total. The molecule has 1 saturated heterocycles. The van der Waals surface area contributed by atoms with Gasteiger partial charge in [-0.1, -0.05) is 6.07 Å². The molecule has 0 saturated carbocycles. The summed E-state index contributed by atoms with van der Waals surface area (Å²) in [6.07, 6.45) is -0.0628. The van der Waals surface area contributed by atoms with Crippen LogP contribution in [-0.4, -0.2) is 39.7 Å². The molecule has 0 unspecified atom stereocenters. The lowest BCUT2D eigenvalue weighted by Gasteiger charge is -2.14. The molecule has 140 valence electrons. The molecule has 1 aliphatic rings. The summed E-state index contributed by atoms with van der Waals surface area (Å²) in [4.78, 5) is 27.3. The molecule has 3 heterocycles. The van der Waals surface area contributed by atoms with E-state index in [0.717, 1.165) is 28.0 Å². The van der Waals surface area contributed by atoms with E-state index in [1.54, 1.807) is 0 Å². The number of aliphatic hydroxyl groups excluding tert-OH is 1. The number of aromatic nitrogens is 1. The van der Waals surface area contributed by atoms with E-state index in [1.165, 1.54) is 23.1 Å². The highest BCUT2D eigenvalue weighted by Crippen LogP contribution is 2.37. The van der Waals surface area contributed by atoms with Gasteiger partial charge in [0.1, 0.15) is 27.0 Å². The number of likely N-dealkylation sites (tertiary alicyclic amines) is 1. The van der Waals surface area contributed by atoms with Crippen molar-refractivity contribution >= 4 is 43.4 Å². The summed E-state index contributed by atoms with van der Waals surface area (Å²) in [6.45, 7) is 0.656. The lowest BCUT2D eigenvalue weighted by atomic mass is 10.2. The molecular weight excluding hydrogens is 442 g/mol. The molecule has 4 rings (SSSR count). The van der Waals surface area contributed by atoms with Crippen LogP contribution in [0, 0.1) is 11.6 Å². The lowest BCUT2D eigenvalue weighted by molar-refractivity contribution is 0.0769. The Hall–Kier alpha value is -2.10. The monoisotopic (exact) mass is 454 g/mol. The van der Waals surface area contributed by atoms with Gasteiger partial charge in [0.05, 0.1) is 10.6 Å². The fourth-order valence-corrected chi connectivity index (χ4v) is 5.20. The van der Waals surface area contributed by atoms with Crippen molar-refractivity contribution in [2.75, 3.05) is 13.1 Å². The molecule has 1 fully saturated rings. The Kier molecular flexibility index (Phi) is 4.61. The molecule has 1 amide bonds. The highest BCUT2D eigenvalue weighted by Gasteiger charge is 2.29. The maximum atomic E-state index is 14.3. The normalized spacial score (nSPS) is 17.0. The zero-order valence-corrected chi connectivity index (χ0v) is 16.2. The molecule has 3 aromatic rings. The van der Waals surface area contributed by atoms with E-state index in [0.29, 0.717) is 27.7 Å². The number of halogens is 3. The van der Waals surface area contributed by atoms with Crippen LogP contribution in [0.25, 0.3) is 15.9 Å². The number of pyridine rings is 1. The molecule has 0 aliphatic carbocycles. The Morgan fingerprint density at radius 3 is 2.56 bits per heavy atom. The minimum Gasteiger partial charge on any atom is -0.391 e. The van der Waals surface area contributed by atoms with Crippen molar-refractivity contribution in [3.05, 3.63) is 61.7 Å². The first-order valence-corrected chi connectivity index (χ1v) is 9.75. The van der Waals surface area contributed by atoms with Crippen LogP contribution in [0.3, 0.4) is 0 Å². The number of thiophene rings is 1. The van der Waals surface area contributed by atoms with Gasteiger partial charge in [0.15, 0.2) is 0 Å². The van der Waals surface area contributed by atoms with Gasteiger partial charge in [0.2, 0.25) is 0 Å². The summed E-state index contributed by atoms with van der Waals surface area (Å²) >= 11 is 4.36. The molecule has 0 radical (unpaired) electrons. The summed E-state index contributed by atoms with van der Waals surface area (Å²) in [6, 6.07) is 6.09. The van der Waals surface area contributed by atoms with Gasteiger partial charge in [-0.3, -0.25) is 14.2 Å². The van der Waals surface area contributed by atoms with Gasteiger partial charge >= 0.3 is 0 Å². The average Bonchev–Trinajstić information content (AvgIpc) is 3.20. The standard InChI is InChI=1S/C18H13BrF2N2O3S/c19-14-10-4-5-13(25)23(15-11(20)2-1-3-12(15)21)18(10)27-16(14)17(26)22-7-6-9(24)8-22/h1-5,9,24H,6-8H2/t9-/m0/s1. The number of β-amino-alcohol motifs (C(OH)–C–C–N with tert-alkyl or cyclic N) is 1. The van der Waals surface area contributed by atoms with E-state index in [9.17, 15) is 23.5 Å². The second-order valence-corrected chi connectivity index (χ2v) is 8.03. The predicted molar refractivity (Wildman–Crippen MR) is 102 cm³/mol. The van der Waals surface area contributed by atoms with Gasteiger partial charge in [0.25, 0.3) is 11.5 Å². The molecule has 1 aromatic carbocycles. The summed E-state index contributed by atoms with van der Waals surface area (Å²) in [7, 11) is 0. The number of aliphatic hydroxyl groups is 1. The molecule has 9 heteroatoms. The number of carbonyl (C=O) groups is 1. The van der Waals surface area contributed by atoms with Crippen LogP contribution in [-0.2, 0) is 0 Å². The number of nitrogens with zero attached hydrogens (tertiary/aromatic N) is 2. The van der Waals surface area contributed by atoms with Crippen molar-refractivity contribution in [2.24, 2.45) is 0 Å². The maximum Gasteiger partial charge on any atom is 0.265 e. The van der Waals surface area contributed by atoms with Crippen LogP contribution < -0.4 is 5.56 Å². The van der Waals surface area contributed by atoms with E-state index >= 15 is 0 Å². The number of amides is 1. The molecule has 0 spiro atoms. The van der Waals surface area contributed by atoms with Crippen molar-refractivity contribution in [3.8, 4) is 5.69 Å². The first-order chi connectivity index (χ1) is 12.9. The first-order valence-electron chi connectivity index (χ1n) is 8.14. The highest BCUT2D eigenvalue weighted by atomic mass is 79.9. The van der Waals surface area contributed by atoms with Gasteiger partial charge in [0, 0.05) is 24.5 Å². The Morgan fingerprint density at radius 1 is 1.22 bits per heavy atom. The van der Waals surface area contributed by atoms with Gasteiger partial charge < -0.3 is 10.0 Å². The summed E-state index contributed by atoms with van der Waals surface area (Å²) in [5.41, 5.74) is -1.08. The molecule has 27 heavy (non-hydrogen) atoms. The minimum atomic E-state index is -0.871. The third-order valence-electron chi connectivity index (χ3n) is 4.49. The maximum absolute atomic E-state index is 14.3. The SMILES string of the molecule is O=C(c1sc2c(ccc(=O)n2-c2c(F)cccc2F)c1Br)N1CC[C@H](O)C1. The van der Waals surface area contributed by atoms with E-state index in [4.69, 9.17) is 0 Å². The number of fused-ring (bicyclic) bond motifs is 1. The summed E-state index contributed by atoms with van der Waals surface area (Å²) < 4.78 is 30.0. The third-order valence-corrected chi connectivity index (χ3v) is 6.75. The molecule has 0 bridgehead atoms.